The van der Waals surface area contributed by atoms with E-state index in [1.54, 1.807) is 0 Å². The second kappa shape index (κ2) is 3.02. The molecule has 0 atom stereocenters. The Balaban J connectivity index is 3.23. The molecule has 0 saturated heterocycles. The van der Waals surface area contributed by atoms with Gasteiger partial charge in [-0.05, 0) is 27.6 Å². The molecule has 0 aliphatic heterocycles. The average molecular weight is 193 g/mol. The Labute approximate surface area is 71.9 Å². The molecule has 1 aromatic heterocycles. The van der Waals surface area contributed by atoms with Crippen LogP contribution < -0.4 is 0 Å². The Morgan fingerprint density at radius 3 is 2.55 bits per heavy atom. The van der Waals surface area contributed by atoms with Crippen LogP contribution in [0.5, 0.6) is 0 Å². The van der Waals surface area contributed by atoms with E-state index in [4.69, 9.17) is 23.2 Å². The molecule has 0 aliphatic carbocycles. The summed E-state index contributed by atoms with van der Waals surface area (Å²) >= 11 is 10.8. The molecule has 0 saturated carbocycles. The second-order valence-corrected chi connectivity index (χ2v) is 2.49. The molecule has 0 N–H and O–H groups in total. The smallest absolute Gasteiger partial charge is 0.358 e. The van der Waals surface area contributed by atoms with Crippen LogP contribution in [0.15, 0.2) is 12.1 Å². The van der Waals surface area contributed by atoms with Crippen LogP contribution in [0.25, 0.3) is 0 Å². The first-order valence-electron chi connectivity index (χ1n) is 2.57. The van der Waals surface area contributed by atoms with E-state index in [-0.39, 0.29) is 10.2 Å². The van der Waals surface area contributed by atoms with Crippen molar-refractivity contribution in [3.63, 3.8) is 0 Å². The maximum atomic E-state index is 10.2. The van der Waals surface area contributed by atoms with Gasteiger partial charge in [-0.25, -0.2) is 0 Å². The fraction of sp³-hybridized carbons (Fsp3) is 0. The minimum atomic E-state index is -0.686. The summed E-state index contributed by atoms with van der Waals surface area (Å²) in [7, 11) is 0. The van der Waals surface area contributed by atoms with Crippen LogP contribution in [0.4, 0.5) is 5.82 Å². The van der Waals surface area contributed by atoms with Gasteiger partial charge in [-0.2, -0.15) is 0 Å². The van der Waals surface area contributed by atoms with Gasteiger partial charge in [-0.15, -0.1) is 0 Å². The number of aromatic nitrogens is 1. The minimum Gasteiger partial charge on any atom is -0.358 e. The summed E-state index contributed by atoms with van der Waals surface area (Å²) in [6.45, 7) is 0. The SMILES string of the molecule is O=[N+]([O-])c1nc(Cl)ccc1Cl. The monoisotopic (exact) mass is 192 g/mol. The summed E-state index contributed by atoms with van der Waals surface area (Å²) in [6.07, 6.45) is 0. The maximum absolute atomic E-state index is 10.2. The molecule has 1 rings (SSSR count). The molecule has 6 heteroatoms. The van der Waals surface area contributed by atoms with Gasteiger partial charge in [-0.3, -0.25) is 0 Å². The maximum Gasteiger partial charge on any atom is 0.383 e. The van der Waals surface area contributed by atoms with Gasteiger partial charge in [0.15, 0.2) is 0 Å². The zero-order valence-corrected chi connectivity index (χ0v) is 6.63. The number of halogens is 2. The van der Waals surface area contributed by atoms with Crippen molar-refractivity contribution in [2.45, 2.75) is 0 Å². The van der Waals surface area contributed by atoms with E-state index in [2.05, 4.69) is 4.98 Å². The first kappa shape index (κ1) is 8.23. The number of hydrogen-bond acceptors (Lipinski definition) is 3. The highest BCUT2D eigenvalue weighted by molar-refractivity contribution is 6.33. The van der Waals surface area contributed by atoms with E-state index in [0.717, 1.165) is 0 Å². The first-order valence-corrected chi connectivity index (χ1v) is 3.33. The Morgan fingerprint density at radius 1 is 1.45 bits per heavy atom. The molecule has 11 heavy (non-hydrogen) atoms. The van der Waals surface area contributed by atoms with Crippen molar-refractivity contribution in [1.29, 1.82) is 0 Å². The summed E-state index contributed by atoms with van der Waals surface area (Å²) < 4.78 is 0. The summed E-state index contributed by atoms with van der Waals surface area (Å²) in [5.41, 5.74) is 0. The molecule has 58 valence electrons. The fourth-order valence-corrected chi connectivity index (χ4v) is 0.854. The highest BCUT2D eigenvalue weighted by Crippen LogP contribution is 2.22. The number of nitrogens with zero attached hydrogens (tertiary/aromatic N) is 2. The molecule has 0 aliphatic rings. The lowest BCUT2D eigenvalue weighted by Gasteiger charge is -1.92. The lowest BCUT2D eigenvalue weighted by atomic mass is 10.5. The van der Waals surface area contributed by atoms with Crippen molar-refractivity contribution < 1.29 is 4.92 Å². The molecule has 0 amide bonds. The van der Waals surface area contributed by atoms with Gasteiger partial charge in [0.25, 0.3) is 0 Å². The number of rotatable bonds is 1. The van der Waals surface area contributed by atoms with Crippen molar-refractivity contribution in [2.24, 2.45) is 0 Å². The van der Waals surface area contributed by atoms with Crippen LogP contribution in [0.3, 0.4) is 0 Å². The van der Waals surface area contributed by atoms with Crippen LogP contribution in [0, 0.1) is 10.1 Å². The molecule has 0 bridgehead atoms. The molecular formula is C5H2Cl2N2O2. The van der Waals surface area contributed by atoms with Gasteiger partial charge in [-0.1, -0.05) is 11.6 Å². The Morgan fingerprint density at radius 2 is 2.09 bits per heavy atom. The van der Waals surface area contributed by atoms with Crippen molar-refractivity contribution in [3.8, 4) is 0 Å². The third kappa shape index (κ3) is 1.78. The molecule has 1 aromatic rings. The van der Waals surface area contributed by atoms with Crippen molar-refractivity contribution >= 4 is 29.0 Å². The van der Waals surface area contributed by atoms with Gasteiger partial charge in [0, 0.05) is 6.07 Å². The number of nitro groups is 1. The van der Waals surface area contributed by atoms with E-state index < -0.39 is 10.7 Å². The lowest BCUT2D eigenvalue weighted by molar-refractivity contribution is -0.389. The standard InChI is InChI=1S/C5H2Cl2N2O2/c6-3-1-2-4(7)8-5(3)9(10)11/h1-2H. The van der Waals surface area contributed by atoms with Gasteiger partial charge < -0.3 is 10.1 Å². The van der Waals surface area contributed by atoms with E-state index >= 15 is 0 Å². The predicted octanol–water partition coefficient (Wildman–Crippen LogP) is 2.30. The lowest BCUT2D eigenvalue weighted by Crippen LogP contribution is -1.92. The topological polar surface area (TPSA) is 56.0 Å². The van der Waals surface area contributed by atoms with Gasteiger partial charge in [0.05, 0.1) is 0 Å². The predicted molar refractivity (Wildman–Crippen MR) is 40.9 cm³/mol. The molecule has 0 radical (unpaired) electrons. The van der Waals surface area contributed by atoms with Crippen molar-refractivity contribution in [2.75, 3.05) is 0 Å². The second-order valence-electron chi connectivity index (χ2n) is 1.70. The highest BCUT2D eigenvalue weighted by Gasteiger charge is 2.14. The van der Waals surface area contributed by atoms with E-state index in [9.17, 15) is 10.1 Å². The molecule has 0 fully saturated rings. The van der Waals surface area contributed by atoms with Crippen LogP contribution in [-0.2, 0) is 0 Å². The van der Waals surface area contributed by atoms with Crippen LogP contribution in [0.2, 0.25) is 10.2 Å². The fourth-order valence-electron chi connectivity index (χ4n) is 0.536. The largest absolute Gasteiger partial charge is 0.383 e. The normalized spacial score (nSPS) is 9.64. The number of pyridine rings is 1. The average Bonchev–Trinajstić information content (AvgIpc) is 1.94. The molecule has 4 nitrogen and oxygen atoms in total. The third-order valence-electron chi connectivity index (χ3n) is 0.966. The Hall–Kier alpha value is -0.870. The van der Waals surface area contributed by atoms with Crippen LogP contribution in [-0.4, -0.2) is 9.91 Å². The van der Waals surface area contributed by atoms with Gasteiger partial charge >= 0.3 is 5.82 Å². The van der Waals surface area contributed by atoms with Crippen molar-refractivity contribution in [1.82, 2.24) is 4.98 Å². The van der Waals surface area contributed by atoms with Crippen molar-refractivity contribution in [3.05, 3.63) is 32.4 Å². The van der Waals surface area contributed by atoms with E-state index in [1.807, 2.05) is 0 Å². The highest BCUT2D eigenvalue weighted by atomic mass is 35.5. The summed E-state index contributed by atoms with van der Waals surface area (Å²) in [5, 5.41) is 10.2. The third-order valence-corrected chi connectivity index (χ3v) is 1.47. The molecule has 0 unspecified atom stereocenters. The Bertz CT molecular complexity index is 303. The molecule has 0 aromatic carbocycles. The summed E-state index contributed by atoms with van der Waals surface area (Å²) in [4.78, 5) is 12.9. The van der Waals surface area contributed by atoms with Crippen LogP contribution >= 0.6 is 23.2 Å². The van der Waals surface area contributed by atoms with Gasteiger partial charge in [0.1, 0.15) is 5.02 Å². The first-order chi connectivity index (χ1) is 5.11. The minimum absolute atomic E-state index is 0.0144. The summed E-state index contributed by atoms with van der Waals surface area (Å²) in [6, 6.07) is 2.71. The van der Waals surface area contributed by atoms with E-state index in [0.29, 0.717) is 0 Å². The Kier molecular flexibility index (Phi) is 2.26. The molecular weight excluding hydrogens is 191 g/mol. The van der Waals surface area contributed by atoms with Crippen LogP contribution in [0.1, 0.15) is 0 Å². The zero-order chi connectivity index (χ0) is 8.43. The zero-order valence-electron chi connectivity index (χ0n) is 5.12. The quantitative estimate of drug-likeness (QED) is 0.390. The van der Waals surface area contributed by atoms with E-state index in [1.165, 1.54) is 12.1 Å². The number of hydrogen-bond donors (Lipinski definition) is 0. The molecule has 1 heterocycles. The summed E-state index contributed by atoms with van der Waals surface area (Å²) in [5.74, 6) is -0.417. The molecule has 0 spiro atoms. The van der Waals surface area contributed by atoms with Gasteiger partial charge in [0.2, 0.25) is 5.15 Å².